The number of hydrogen-bond acceptors (Lipinski definition) is 3. The molecule has 3 aromatic rings. The molecule has 0 aliphatic rings. The summed E-state index contributed by atoms with van der Waals surface area (Å²) in [5, 5.41) is 7.19. The molecule has 1 heterocycles. The number of carbonyl (C=O) groups excluding carboxylic acids is 1. The van der Waals surface area contributed by atoms with E-state index < -0.39 is 0 Å². The number of H-pyrrole nitrogens is 1. The first-order chi connectivity index (χ1) is 13.5. The van der Waals surface area contributed by atoms with Crippen LogP contribution < -0.4 is 0 Å². The van der Waals surface area contributed by atoms with Crippen molar-refractivity contribution >= 4 is 18.1 Å². The number of aromatic nitrogens is 3. The van der Waals surface area contributed by atoms with Crippen LogP contribution in [0, 0.1) is 11.7 Å². The van der Waals surface area contributed by atoms with Gasteiger partial charge in [-0.25, -0.2) is 0 Å². The lowest BCUT2D eigenvalue weighted by atomic mass is 10.1. The van der Waals surface area contributed by atoms with Gasteiger partial charge in [-0.05, 0) is 36.7 Å². The lowest BCUT2D eigenvalue weighted by Gasteiger charge is -2.18. The van der Waals surface area contributed by atoms with Crippen LogP contribution in [0.25, 0.3) is 11.4 Å². The minimum atomic E-state index is 0.0810. The second kappa shape index (κ2) is 8.97. The van der Waals surface area contributed by atoms with Crippen molar-refractivity contribution in [1.82, 2.24) is 19.7 Å². The van der Waals surface area contributed by atoms with Gasteiger partial charge in [0, 0.05) is 32.1 Å². The van der Waals surface area contributed by atoms with Gasteiger partial charge < -0.3 is 4.90 Å². The molecule has 2 aromatic carbocycles. The maximum Gasteiger partial charge on any atom is 0.224 e. The summed E-state index contributed by atoms with van der Waals surface area (Å²) in [7, 11) is 1.84. The van der Waals surface area contributed by atoms with Gasteiger partial charge in [-0.2, -0.15) is 5.10 Å². The first-order valence-corrected chi connectivity index (χ1v) is 9.92. The number of benzene rings is 2. The first-order valence-electron chi connectivity index (χ1n) is 9.52. The average molecular weight is 395 g/mol. The van der Waals surface area contributed by atoms with Crippen molar-refractivity contribution in [2.75, 3.05) is 7.05 Å². The Morgan fingerprint density at radius 2 is 1.75 bits per heavy atom. The highest BCUT2D eigenvalue weighted by atomic mass is 32.1. The molecule has 0 radical (unpaired) electrons. The van der Waals surface area contributed by atoms with Crippen molar-refractivity contribution in [3.05, 3.63) is 70.0 Å². The second-order valence-corrected chi connectivity index (χ2v) is 7.43. The number of hydrogen-bond donors (Lipinski definition) is 1. The minimum Gasteiger partial charge on any atom is -0.341 e. The molecule has 0 saturated carbocycles. The summed E-state index contributed by atoms with van der Waals surface area (Å²) in [4.78, 5) is 14.4. The third-order valence-corrected chi connectivity index (χ3v) is 5.21. The van der Waals surface area contributed by atoms with Gasteiger partial charge in [0.2, 0.25) is 5.91 Å². The SMILES string of the molecule is CCc1ccc(CN(C)C(=O)CCn2c(-c3ccc(C)cc3)n[nH]c2=S)cc1. The molecular weight excluding hydrogens is 368 g/mol. The van der Waals surface area contributed by atoms with E-state index in [0.29, 0.717) is 24.3 Å². The van der Waals surface area contributed by atoms with E-state index in [0.717, 1.165) is 23.4 Å². The molecule has 0 spiro atoms. The minimum absolute atomic E-state index is 0.0810. The highest BCUT2D eigenvalue weighted by Crippen LogP contribution is 2.18. The van der Waals surface area contributed by atoms with Gasteiger partial charge in [-0.3, -0.25) is 14.5 Å². The number of nitrogens with one attached hydrogen (secondary N) is 1. The molecule has 0 atom stereocenters. The number of rotatable bonds is 7. The van der Waals surface area contributed by atoms with Crippen molar-refractivity contribution in [2.45, 2.75) is 39.8 Å². The van der Waals surface area contributed by atoms with Gasteiger partial charge in [0.05, 0.1) is 0 Å². The Balaban J connectivity index is 1.64. The Labute approximate surface area is 171 Å². The lowest BCUT2D eigenvalue weighted by Crippen LogP contribution is -2.27. The van der Waals surface area contributed by atoms with Crippen LogP contribution in [0.3, 0.4) is 0 Å². The van der Waals surface area contributed by atoms with Crippen LogP contribution in [-0.2, 0) is 24.3 Å². The molecule has 0 unspecified atom stereocenters. The standard InChI is InChI=1S/C22H26N4OS/c1-4-17-7-9-18(10-8-17)15-25(3)20(27)13-14-26-21(23-24-22(26)28)19-11-5-16(2)6-12-19/h5-12H,4,13-15H2,1-3H3,(H,24,28). The van der Waals surface area contributed by atoms with E-state index in [4.69, 9.17) is 12.2 Å². The zero-order chi connectivity index (χ0) is 20.1. The van der Waals surface area contributed by atoms with Crippen LogP contribution in [0.5, 0.6) is 0 Å². The summed E-state index contributed by atoms with van der Waals surface area (Å²) in [6.07, 6.45) is 1.39. The molecule has 0 aliphatic carbocycles. The molecular formula is C22H26N4OS. The Morgan fingerprint density at radius 1 is 1.11 bits per heavy atom. The first kappa shape index (κ1) is 20.0. The molecule has 1 aromatic heterocycles. The van der Waals surface area contributed by atoms with Gasteiger partial charge in [0.25, 0.3) is 0 Å². The van der Waals surface area contributed by atoms with Crippen LogP contribution in [-0.4, -0.2) is 32.6 Å². The summed E-state index contributed by atoms with van der Waals surface area (Å²) in [6.45, 7) is 5.28. The predicted molar refractivity (Wildman–Crippen MR) is 114 cm³/mol. The van der Waals surface area contributed by atoms with Gasteiger partial charge in [-0.15, -0.1) is 0 Å². The quantitative estimate of drug-likeness (QED) is 0.599. The molecule has 0 fully saturated rings. The Morgan fingerprint density at radius 3 is 2.39 bits per heavy atom. The molecule has 146 valence electrons. The van der Waals surface area contributed by atoms with Crippen LogP contribution >= 0.6 is 12.2 Å². The largest absolute Gasteiger partial charge is 0.341 e. The average Bonchev–Trinajstić information content (AvgIpc) is 3.07. The van der Waals surface area contributed by atoms with Crippen LogP contribution in [0.2, 0.25) is 0 Å². The van der Waals surface area contributed by atoms with E-state index in [1.165, 1.54) is 11.1 Å². The fraction of sp³-hybridized carbons (Fsp3) is 0.318. The van der Waals surface area contributed by atoms with Crippen molar-refractivity contribution in [1.29, 1.82) is 0 Å². The number of aryl methyl sites for hydroxylation is 2. The summed E-state index contributed by atoms with van der Waals surface area (Å²) in [6, 6.07) is 16.5. The summed E-state index contributed by atoms with van der Waals surface area (Å²) in [5.74, 6) is 0.841. The van der Waals surface area contributed by atoms with E-state index in [1.54, 1.807) is 4.90 Å². The van der Waals surface area contributed by atoms with Crippen molar-refractivity contribution in [3.8, 4) is 11.4 Å². The van der Waals surface area contributed by atoms with Gasteiger partial charge in [0.15, 0.2) is 10.6 Å². The maximum atomic E-state index is 12.6. The predicted octanol–water partition coefficient (Wildman–Crippen LogP) is 4.53. The lowest BCUT2D eigenvalue weighted by molar-refractivity contribution is -0.130. The molecule has 1 amide bonds. The smallest absolute Gasteiger partial charge is 0.224 e. The zero-order valence-corrected chi connectivity index (χ0v) is 17.4. The highest BCUT2D eigenvalue weighted by molar-refractivity contribution is 7.71. The Bertz CT molecular complexity index is 987. The van der Waals surface area contributed by atoms with Crippen molar-refractivity contribution < 1.29 is 4.79 Å². The van der Waals surface area contributed by atoms with E-state index in [1.807, 2.05) is 42.8 Å². The number of aromatic amines is 1. The molecule has 0 aliphatic heterocycles. The molecule has 1 N–H and O–H groups in total. The van der Waals surface area contributed by atoms with Crippen LogP contribution in [0.1, 0.15) is 30.0 Å². The van der Waals surface area contributed by atoms with E-state index in [2.05, 4.69) is 41.4 Å². The second-order valence-electron chi connectivity index (χ2n) is 7.04. The molecule has 5 nitrogen and oxygen atoms in total. The summed E-state index contributed by atoms with van der Waals surface area (Å²) < 4.78 is 2.42. The molecule has 0 bridgehead atoms. The fourth-order valence-electron chi connectivity index (χ4n) is 3.09. The number of nitrogens with zero attached hydrogens (tertiary/aromatic N) is 3. The molecule has 6 heteroatoms. The third-order valence-electron chi connectivity index (χ3n) is 4.89. The van der Waals surface area contributed by atoms with Gasteiger partial charge in [0.1, 0.15) is 0 Å². The van der Waals surface area contributed by atoms with Crippen molar-refractivity contribution in [2.24, 2.45) is 0 Å². The summed E-state index contributed by atoms with van der Waals surface area (Å²) >= 11 is 5.36. The van der Waals surface area contributed by atoms with Crippen molar-refractivity contribution in [3.63, 3.8) is 0 Å². The van der Waals surface area contributed by atoms with Gasteiger partial charge in [-0.1, -0.05) is 61.0 Å². The molecule has 0 saturated heterocycles. The highest BCUT2D eigenvalue weighted by Gasteiger charge is 2.13. The number of carbonyl (C=O) groups is 1. The molecule has 3 rings (SSSR count). The molecule has 28 heavy (non-hydrogen) atoms. The third kappa shape index (κ3) is 4.75. The number of amides is 1. The van der Waals surface area contributed by atoms with Crippen LogP contribution in [0.15, 0.2) is 48.5 Å². The van der Waals surface area contributed by atoms with E-state index in [9.17, 15) is 4.79 Å². The topological polar surface area (TPSA) is 53.9 Å². The Hall–Kier alpha value is -2.73. The van der Waals surface area contributed by atoms with Crippen LogP contribution in [0.4, 0.5) is 0 Å². The monoisotopic (exact) mass is 394 g/mol. The zero-order valence-electron chi connectivity index (χ0n) is 16.6. The normalized spacial score (nSPS) is 10.8. The van der Waals surface area contributed by atoms with E-state index >= 15 is 0 Å². The summed E-state index contributed by atoms with van der Waals surface area (Å²) in [5.41, 5.74) is 4.60. The Kier molecular flexibility index (Phi) is 6.41. The van der Waals surface area contributed by atoms with E-state index in [-0.39, 0.29) is 5.91 Å². The van der Waals surface area contributed by atoms with Gasteiger partial charge >= 0.3 is 0 Å². The fourth-order valence-corrected chi connectivity index (χ4v) is 3.31. The maximum absolute atomic E-state index is 12.6.